The number of fused-ring (bicyclic) bond motifs is 4. The van der Waals surface area contributed by atoms with Crippen molar-refractivity contribution in [1.29, 1.82) is 0 Å². The van der Waals surface area contributed by atoms with E-state index in [0.29, 0.717) is 42.4 Å². The molecule has 0 spiro atoms. The Morgan fingerprint density at radius 3 is 2.37 bits per heavy atom. The number of aromatic carboxylic acids is 1. The van der Waals surface area contributed by atoms with Crippen LogP contribution in [0.25, 0.3) is 21.8 Å². The van der Waals surface area contributed by atoms with Crippen molar-refractivity contribution in [1.82, 2.24) is 20.0 Å². The summed E-state index contributed by atoms with van der Waals surface area (Å²) in [5, 5.41) is 12.9. The van der Waals surface area contributed by atoms with Gasteiger partial charge in [-0.1, -0.05) is 29.3 Å². The second-order valence-corrected chi connectivity index (χ2v) is 14.5. The lowest BCUT2D eigenvalue weighted by molar-refractivity contribution is 0.0696. The number of anilines is 1. The first-order valence-electron chi connectivity index (χ1n) is 16.8. The maximum absolute atomic E-state index is 14.9. The molecule has 4 heterocycles. The average molecular weight is 703 g/mol. The maximum atomic E-state index is 14.9. The van der Waals surface area contributed by atoms with E-state index in [1.54, 1.807) is 18.2 Å². The molecule has 256 valence electrons. The monoisotopic (exact) mass is 701 g/mol. The Bertz CT molecular complexity index is 2120. The van der Waals surface area contributed by atoms with Gasteiger partial charge in [0.1, 0.15) is 11.4 Å². The number of benzene rings is 3. The second-order valence-electron chi connectivity index (χ2n) is 13.7. The summed E-state index contributed by atoms with van der Waals surface area (Å²) >= 11 is 13.5. The number of nitrogens with zero attached hydrogens (tertiary/aromatic N) is 3. The topological polar surface area (TPSA) is 101 Å². The highest BCUT2D eigenvalue weighted by atomic mass is 35.5. The van der Waals surface area contributed by atoms with E-state index in [1.165, 1.54) is 0 Å². The first-order chi connectivity index (χ1) is 23.4. The number of carbonyl (C=O) groups is 2. The minimum atomic E-state index is -1.01. The van der Waals surface area contributed by atoms with Gasteiger partial charge in [-0.2, -0.15) is 0 Å². The number of amides is 1. The van der Waals surface area contributed by atoms with Crippen LogP contribution in [0.15, 0.2) is 48.7 Å². The summed E-state index contributed by atoms with van der Waals surface area (Å²) in [6.07, 6.45) is 3.22. The molecule has 3 N–H and O–H groups in total. The summed E-state index contributed by atoms with van der Waals surface area (Å²) in [6.45, 7) is 11.3. The van der Waals surface area contributed by atoms with Gasteiger partial charge in [0.2, 0.25) is 0 Å². The Hall–Kier alpha value is -4.02. The molecular formula is C38H41Cl2N5O4. The molecule has 0 bridgehead atoms. The lowest BCUT2D eigenvalue weighted by Crippen LogP contribution is -2.42. The SMILES string of the molecule is Cc1cc(OCCCc2c3n(c4c(C5C(C)NNC5C)c(Cl)ccc24)[C@H](C)CN(c2cn(C)c4ccc(C(=O)O)cc24)C3=O)cc(C)c1Cl. The van der Waals surface area contributed by atoms with Gasteiger partial charge in [0, 0.05) is 75.7 Å². The third-order valence-corrected chi connectivity index (χ3v) is 11.2. The Morgan fingerprint density at radius 1 is 1.00 bits per heavy atom. The molecule has 7 rings (SSSR count). The molecule has 0 aliphatic carbocycles. The Kier molecular flexibility index (Phi) is 8.68. The minimum Gasteiger partial charge on any atom is -0.494 e. The number of hydrazine groups is 1. The summed E-state index contributed by atoms with van der Waals surface area (Å²) in [5.41, 5.74) is 14.1. The van der Waals surface area contributed by atoms with Gasteiger partial charge in [-0.05, 0) is 101 Å². The highest BCUT2D eigenvalue weighted by molar-refractivity contribution is 6.33. The molecule has 2 unspecified atom stereocenters. The number of hydrogen-bond donors (Lipinski definition) is 3. The quantitative estimate of drug-likeness (QED) is 0.142. The summed E-state index contributed by atoms with van der Waals surface area (Å²) in [7, 11) is 1.91. The predicted octanol–water partition coefficient (Wildman–Crippen LogP) is 7.96. The van der Waals surface area contributed by atoms with Crippen LogP contribution in [0.4, 0.5) is 5.69 Å². The van der Waals surface area contributed by atoms with Crippen LogP contribution in [0.3, 0.4) is 0 Å². The number of carboxylic acids is 1. The lowest BCUT2D eigenvalue weighted by atomic mass is 9.87. The van der Waals surface area contributed by atoms with E-state index in [1.807, 2.05) is 54.8 Å². The van der Waals surface area contributed by atoms with E-state index in [-0.39, 0.29) is 35.5 Å². The summed E-state index contributed by atoms with van der Waals surface area (Å²) in [5.74, 6) is -0.273. The maximum Gasteiger partial charge on any atom is 0.335 e. The molecular weight excluding hydrogens is 661 g/mol. The van der Waals surface area contributed by atoms with Crippen LogP contribution in [0.5, 0.6) is 5.75 Å². The highest BCUT2D eigenvalue weighted by Gasteiger charge is 2.40. The standard InChI is InChI=1S/C38H41Cl2N5O4/c1-19-14-25(15-20(2)34(19)40)49-13-7-8-26-27-10-11-29(39)33(32-22(4)41-42-23(32)5)35(27)45-21(3)17-44(37(46)36(26)45)31-18-43(6)30-12-9-24(38(47)48)16-28(30)31/h9-12,14-16,18,21-23,32,41-42H,7-8,13,17H2,1-6H3,(H,47,48)/t21-,22?,23?,32?/m1/s1. The highest BCUT2D eigenvalue weighted by Crippen LogP contribution is 2.45. The van der Waals surface area contributed by atoms with Crippen molar-refractivity contribution >= 4 is 62.6 Å². The molecule has 1 saturated heterocycles. The number of rotatable bonds is 8. The Balaban J connectivity index is 1.34. The van der Waals surface area contributed by atoms with Gasteiger partial charge in [-0.25, -0.2) is 4.79 Å². The number of carbonyl (C=O) groups excluding carboxylic acids is 1. The van der Waals surface area contributed by atoms with E-state index in [0.717, 1.165) is 54.8 Å². The fraction of sp³-hybridized carbons (Fsp3) is 0.368. The zero-order chi connectivity index (χ0) is 34.9. The number of nitrogens with one attached hydrogen (secondary N) is 2. The van der Waals surface area contributed by atoms with Gasteiger partial charge in [-0.15, -0.1) is 0 Å². The molecule has 0 saturated carbocycles. The average Bonchev–Trinajstić information content (AvgIpc) is 3.70. The largest absolute Gasteiger partial charge is 0.494 e. The number of carboxylic acid groups (broad SMARTS) is 1. The molecule has 5 aromatic rings. The van der Waals surface area contributed by atoms with Crippen molar-refractivity contribution in [3.63, 3.8) is 0 Å². The van der Waals surface area contributed by atoms with Crippen molar-refractivity contribution in [2.24, 2.45) is 7.05 Å². The minimum absolute atomic E-state index is 0.0793. The van der Waals surface area contributed by atoms with Crippen molar-refractivity contribution < 1.29 is 19.4 Å². The molecule has 3 atom stereocenters. The van der Waals surface area contributed by atoms with Crippen molar-refractivity contribution in [3.05, 3.63) is 92.2 Å². The van der Waals surface area contributed by atoms with Gasteiger partial charge in [0.25, 0.3) is 5.91 Å². The zero-order valence-electron chi connectivity index (χ0n) is 28.5. The molecule has 2 aliphatic heterocycles. The van der Waals surface area contributed by atoms with Crippen LogP contribution >= 0.6 is 23.2 Å². The van der Waals surface area contributed by atoms with Gasteiger partial charge >= 0.3 is 5.97 Å². The Morgan fingerprint density at radius 2 is 1.69 bits per heavy atom. The normalized spacial score (nSPS) is 20.8. The number of halogens is 2. The molecule has 11 heteroatoms. The molecule has 9 nitrogen and oxygen atoms in total. The van der Waals surface area contributed by atoms with Gasteiger partial charge < -0.3 is 23.9 Å². The van der Waals surface area contributed by atoms with Crippen LogP contribution in [0, 0.1) is 13.8 Å². The summed E-state index contributed by atoms with van der Waals surface area (Å²) in [6, 6.07) is 13.1. The second kappa shape index (κ2) is 12.7. The fourth-order valence-electron chi connectivity index (χ4n) is 8.00. The van der Waals surface area contributed by atoms with Crippen LogP contribution < -0.4 is 20.5 Å². The molecule has 3 aromatic carbocycles. The molecule has 0 radical (unpaired) electrons. The number of hydrogen-bond acceptors (Lipinski definition) is 5. The molecule has 2 aliphatic rings. The number of aromatic nitrogens is 2. The van der Waals surface area contributed by atoms with E-state index in [4.69, 9.17) is 27.9 Å². The van der Waals surface area contributed by atoms with E-state index in [9.17, 15) is 14.7 Å². The van der Waals surface area contributed by atoms with Crippen LogP contribution in [0.2, 0.25) is 10.0 Å². The van der Waals surface area contributed by atoms with Gasteiger partial charge in [-0.3, -0.25) is 15.6 Å². The lowest BCUT2D eigenvalue weighted by Gasteiger charge is -2.34. The Labute approximate surface area is 295 Å². The van der Waals surface area contributed by atoms with Crippen molar-refractivity contribution in [2.75, 3.05) is 18.1 Å². The third-order valence-electron chi connectivity index (χ3n) is 10.3. The van der Waals surface area contributed by atoms with Crippen LogP contribution in [0.1, 0.15) is 82.3 Å². The van der Waals surface area contributed by atoms with Crippen LogP contribution in [-0.4, -0.2) is 51.4 Å². The first-order valence-corrected chi connectivity index (χ1v) is 17.5. The van der Waals surface area contributed by atoms with Crippen molar-refractivity contribution in [3.8, 4) is 5.75 Å². The smallest absolute Gasteiger partial charge is 0.335 e. The number of ether oxygens (including phenoxy) is 1. The molecule has 2 aromatic heterocycles. The van der Waals surface area contributed by atoms with Gasteiger partial charge in [0.15, 0.2) is 0 Å². The number of aryl methyl sites for hydroxylation is 4. The summed E-state index contributed by atoms with van der Waals surface area (Å²) in [4.78, 5) is 28.6. The molecule has 1 amide bonds. The third kappa shape index (κ3) is 5.57. The van der Waals surface area contributed by atoms with Crippen LogP contribution in [-0.2, 0) is 13.5 Å². The van der Waals surface area contributed by atoms with Gasteiger partial charge in [0.05, 0.1) is 23.4 Å². The van der Waals surface area contributed by atoms with Crippen molar-refractivity contribution in [2.45, 2.75) is 71.5 Å². The fourth-order valence-corrected chi connectivity index (χ4v) is 8.39. The predicted molar refractivity (Wildman–Crippen MR) is 196 cm³/mol. The zero-order valence-corrected chi connectivity index (χ0v) is 30.0. The molecule has 1 fully saturated rings. The summed E-state index contributed by atoms with van der Waals surface area (Å²) < 4.78 is 10.4. The first kappa shape index (κ1) is 33.5. The van der Waals surface area contributed by atoms with E-state index in [2.05, 4.69) is 42.3 Å². The van der Waals surface area contributed by atoms with E-state index >= 15 is 0 Å². The molecule has 49 heavy (non-hydrogen) atoms. The van der Waals surface area contributed by atoms with E-state index < -0.39 is 5.97 Å².